The van der Waals surface area contributed by atoms with Gasteiger partial charge in [-0.1, -0.05) is 6.07 Å². The van der Waals surface area contributed by atoms with E-state index in [0.717, 1.165) is 12.8 Å². The molecule has 0 aliphatic carbocycles. The van der Waals surface area contributed by atoms with Crippen LogP contribution in [0.15, 0.2) is 30.5 Å². The Bertz CT molecular complexity index is 1980. The van der Waals surface area contributed by atoms with Crippen molar-refractivity contribution in [1.82, 2.24) is 44.7 Å². The molecule has 1 atom stereocenters. The second-order valence-corrected chi connectivity index (χ2v) is 11.1. The number of fused-ring (bicyclic) bond motifs is 1. The van der Waals surface area contributed by atoms with Crippen LogP contribution in [-0.4, -0.2) is 84.7 Å². The molecule has 1 aromatic carbocycles. The fourth-order valence-corrected chi connectivity index (χ4v) is 5.83. The fraction of sp³-hybridized carbons (Fsp3) is 0.400. The Labute approximate surface area is 272 Å². The van der Waals surface area contributed by atoms with E-state index in [0.29, 0.717) is 73.7 Å². The Balaban J connectivity index is 1.34. The zero-order chi connectivity index (χ0) is 33.2. The number of morpholine rings is 1. The van der Waals surface area contributed by atoms with Gasteiger partial charge in [0.05, 0.1) is 50.5 Å². The molecule has 16 nitrogen and oxygen atoms in total. The largest absolute Gasteiger partial charge is 0.494 e. The molecular weight excluding hydrogens is 628 g/mol. The van der Waals surface area contributed by atoms with Gasteiger partial charge in [0.25, 0.3) is 6.43 Å². The molecule has 0 bridgehead atoms. The number of hydrogen-bond acceptors (Lipinski definition) is 14. The number of benzene rings is 1. The average Bonchev–Trinajstić information content (AvgIpc) is 3.73. The summed E-state index contributed by atoms with van der Waals surface area (Å²) >= 11 is 0. The first-order valence-electron chi connectivity index (χ1n) is 15.3. The lowest BCUT2D eigenvalue weighted by molar-refractivity contribution is -0.0363. The zero-order valence-electron chi connectivity index (χ0n) is 26.1. The minimum Gasteiger partial charge on any atom is -0.494 e. The van der Waals surface area contributed by atoms with Gasteiger partial charge in [0, 0.05) is 25.8 Å². The second-order valence-electron chi connectivity index (χ2n) is 11.1. The molecule has 6 heterocycles. The summed E-state index contributed by atoms with van der Waals surface area (Å²) in [4.78, 5) is 21.4. The van der Waals surface area contributed by atoms with Gasteiger partial charge in [0.2, 0.25) is 5.82 Å². The highest BCUT2D eigenvalue weighted by molar-refractivity contribution is 5.92. The molecule has 2 aliphatic heterocycles. The lowest BCUT2D eigenvalue weighted by Gasteiger charge is -2.28. The number of imidazole rings is 1. The third-order valence-electron chi connectivity index (χ3n) is 7.98. The molecule has 7 rings (SSSR count). The summed E-state index contributed by atoms with van der Waals surface area (Å²) in [5, 5.41) is 28.6. The molecule has 5 aromatic rings. The van der Waals surface area contributed by atoms with Crippen molar-refractivity contribution in [1.29, 1.82) is 5.26 Å². The molecule has 248 valence electrons. The van der Waals surface area contributed by atoms with E-state index in [-0.39, 0.29) is 28.5 Å². The molecule has 0 amide bonds. The van der Waals surface area contributed by atoms with Crippen LogP contribution in [0.3, 0.4) is 0 Å². The van der Waals surface area contributed by atoms with Crippen molar-refractivity contribution in [3.63, 3.8) is 0 Å². The predicted molar refractivity (Wildman–Crippen MR) is 168 cm³/mol. The molecule has 4 aromatic heterocycles. The summed E-state index contributed by atoms with van der Waals surface area (Å²) in [7, 11) is 3.16. The number of methoxy groups -OCH3 is 1. The number of para-hydroxylation sites is 1. The number of anilines is 5. The Kier molecular flexibility index (Phi) is 8.61. The van der Waals surface area contributed by atoms with Crippen LogP contribution < -0.4 is 20.3 Å². The van der Waals surface area contributed by atoms with Gasteiger partial charge in [-0.05, 0) is 36.6 Å². The molecule has 1 unspecified atom stereocenters. The van der Waals surface area contributed by atoms with E-state index in [2.05, 4.69) is 47.1 Å². The molecule has 2 N–H and O–H groups in total. The maximum Gasteiger partial charge on any atom is 0.295 e. The van der Waals surface area contributed by atoms with E-state index in [9.17, 15) is 14.0 Å². The number of hydrogen-bond donors (Lipinski definition) is 2. The molecule has 0 spiro atoms. The van der Waals surface area contributed by atoms with E-state index in [4.69, 9.17) is 19.2 Å². The van der Waals surface area contributed by atoms with Crippen LogP contribution in [0.2, 0.25) is 0 Å². The van der Waals surface area contributed by atoms with E-state index in [1.807, 2.05) is 4.90 Å². The minimum atomic E-state index is -2.90. The van der Waals surface area contributed by atoms with Crippen molar-refractivity contribution in [2.45, 2.75) is 31.9 Å². The molecule has 0 saturated carbocycles. The first kappa shape index (κ1) is 31.1. The van der Waals surface area contributed by atoms with E-state index >= 15 is 0 Å². The standard InChI is InChI=1S/C30H31F2N13O3/c1-43-41-27(40-42-43)17-6-5-7-18(25(17)46-2)35-19-14-21(37-22-16-34-28(20(15-33)36-22)44-9-12-47-13-10-44)38-29-24(19)39-30(26(31)32)45(29)23-8-3-4-11-48-23/h5-7,14,16,23,26H,3-4,8-13H2,1-2H3,(H2,35,36,37,38). The summed E-state index contributed by atoms with van der Waals surface area (Å²) in [5.41, 5.74) is 1.90. The molecule has 48 heavy (non-hydrogen) atoms. The highest BCUT2D eigenvalue weighted by Crippen LogP contribution is 2.40. The number of pyridine rings is 1. The number of aryl methyl sites for hydroxylation is 1. The number of nitrogens with one attached hydrogen (secondary N) is 2. The molecule has 18 heteroatoms. The van der Waals surface area contributed by atoms with Crippen molar-refractivity contribution in [2.24, 2.45) is 7.05 Å². The first-order chi connectivity index (χ1) is 23.4. The van der Waals surface area contributed by atoms with Gasteiger partial charge in [-0.25, -0.2) is 28.7 Å². The van der Waals surface area contributed by atoms with Gasteiger partial charge < -0.3 is 29.7 Å². The molecule has 2 fully saturated rings. The number of alkyl halides is 2. The van der Waals surface area contributed by atoms with E-state index in [1.165, 1.54) is 22.7 Å². The predicted octanol–water partition coefficient (Wildman–Crippen LogP) is 4.25. The summed E-state index contributed by atoms with van der Waals surface area (Å²) < 4.78 is 47.6. The number of nitrogens with zero attached hydrogens (tertiary/aromatic N) is 11. The summed E-state index contributed by atoms with van der Waals surface area (Å²) in [6.45, 7) is 2.64. The fourth-order valence-electron chi connectivity index (χ4n) is 5.83. The van der Waals surface area contributed by atoms with Crippen molar-refractivity contribution in [2.75, 3.05) is 55.6 Å². The maximum atomic E-state index is 14.6. The third kappa shape index (κ3) is 6.00. The number of nitriles is 1. The SMILES string of the molecule is COc1c(Nc2cc(Nc3cnc(N4CCOCC4)c(C#N)n3)nc3c2nc(C(F)F)n3C2CCCCO2)cccc1-c1nnn(C)n1. The van der Waals surface area contributed by atoms with E-state index in [1.54, 1.807) is 31.3 Å². The average molecular weight is 660 g/mol. The van der Waals surface area contributed by atoms with Crippen LogP contribution >= 0.6 is 0 Å². The van der Waals surface area contributed by atoms with Gasteiger partial charge in [-0.3, -0.25) is 4.57 Å². The summed E-state index contributed by atoms with van der Waals surface area (Å²) in [6, 6.07) is 9.07. The van der Waals surface area contributed by atoms with Crippen LogP contribution in [0.4, 0.5) is 37.6 Å². The highest BCUT2D eigenvalue weighted by atomic mass is 19.3. The van der Waals surface area contributed by atoms with Gasteiger partial charge in [0.15, 0.2) is 34.6 Å². The second kappa shape index (κ2) is 13.3. The van der Waals surface area contributed by atoms with Gasteiger partial charge in [-0.2, -0.15) is 10.1 Å². The monoisotopic (exact) mass is 659 g/mol. The minimum absolute atomic E-state index is 0.126. The number of tetrazole rings is 1. The lowest BCUT2D eigenvalue weighted by Crippen LogP contribution is -2.37. The van der Waals surface area contributed by atoms with Crippen LogP contribution in [0.5, 0.6) is 5.75 Å². The smallest absolute Gasteiger partial charge is 0.295 e. The van der Waals surface area contributed by atoms with Crippen LogP contribution in [0.1, 0.15) is 43.4 Å². The van der Waals surface area contributed by atoms with Crippen molar-refractivity contribution < 1.29 is 23.0 Å². The molecular formula is C30H31F2N13O3. The number of halogens is 2. The molecule has 2 aliphatic rings. The number of rotatable bonds is 9. The quantitative estimate of drug-likeness (QED) is 0.229. The number of ether oxygens (including phenoxy) is 3. The number of aromatic nitrogens is 9. The summed E-state index contributed by atoms with van der Waals surface area (Å²) in [5.74, 6) is 1.21. The first-order valence-corrected chi connectivity index (χ1v) is 15.3. The van der Waals surface area contributed by atoms with Crippen LogP contribution in [0.25, 0.3) is 22.6 Å². The Morgan fingerprint density at radius 1 is 1.06 bits per heavy atom. The van der Waals surface area contributed by atoms with Crippen molar-refractivity contribution in [3.8, 4) is 23.2 Å². The van der Waals surface area contributed by atoms with Gasteiger partial charge >= 0.3 is 0 Å². The van der Waals surface area contributed by atoms with E-state index < -0.39 is 18.5 Å². The highest BCUT2D eigenvalue weighted by Gasteiger charge is 2.29. The van der Waals surface area contributed by atoms with Crippen molar-refractivity contribution >= 4 is 40.0 Å². The van der Waals surface area contributed by atoms with Gasteiger partial charge in [-0.15, -0.1) is 10.2 Å². The molecule has 2 saturated heterocycles. The molecule has 0 radical (unpaired) electrons. The Morgan fingerprint density at radius 2 is 1.92 bits per heavy atom. The normalized spacial score (nSPS) is 16.7. The van der Waals surface area contributed by atoms with Crippen molar-refractivity contribution in [3.05, 3.63) is 42.0 Å². The zero-order valence-corrected chi connectivity index (χ0v) is 26.1. The van der Waals surface area contributed by atoms with Crippen LogP contribution in [-0.2, 0) is 16.5 Å². The lowest BCUT2D eigenvalue weighted by atomic mass is 10.1. The summed E-state index contributed by atoms with van der Waals surface area (Å²) in [6.07, 6.45) is 0.0781. The Morgan fingerprint density at radius 3 is 2.62 bits per heavy atom. The van der Waals surface area contributed by atoms with Gasteiger partial charge in [0.1, 0.15) is 23.6 Å². The van der Waals surface area contributed by atoms with Crippen LogP contribution in [0, 0.1) is 11.3 Å². The third-order valence-corrected chi connectivity index (χ3v) is 7.98. The maximum absolute atomic E-state index is 14.6. The topological polar surface area (TPSA) is 179 Å². The Hall–Kier alpha value is -5.54.